The van der Waals surface area contributed by atoms with Crippen molar-refractivity contribution in [2.45, 2.75) is 139 Å². The number of rotatable bonds is 17. The number of aromatic hydroxyl groups is 1. The first-order chi connectivity index (χ1) is 36.8. The maximum atomic E-state index is 14.2. The molecular weight excluding hydrogens is 967 g/mol. The molecule has 5 aromatic rings. The van der Waals surface area contributed by atoms with Crippen LogP contribution in [-0.4, -0.2) is 140 Å². The number of nitrogens with one attached hydrogen (secondary N) is 1. The Morgan fingerprint density at radius 2 is 1.58 bits per heavy atom. The summed E-state index contributed by atoms with van der Waals surface area (Å²) in [5, 5.41) is 46.0. The van der Waals surface area contributed by atoms with Crippen LogP contribution < -0.4 is 30.3 Å². The van der Waals surface area contributed by atoms with E-state index in [4.69, 9.17) is 29.7 Å². The number of nitrogens with two attached hydrogens (primary N) is 1. The lowest BCUT2D eigenvalue weighted by molar-refractivity contribution is -0.141. The number of ether oxygens (including phenoxy) is 3. The number of likely N-dealkylation sites (tertiary alicyclic amines) is 2. The van der Waals surface area contributed by atoms with E-state index >= 15 is 0 Å². The van der Waals surface area contributed by atoms with Gasteiger partial charge in [0, 0.05) is 100 Å². The number of aromatic nitrogens is 4. The van der Waals surface area contributed by atoms with Gasteiger partial charge in [-0.05, 0) is 104 Å². The van der Waals surface area contributed by atoms with E-state index in [1.807, 2.05) is 45.2 Å². The van der Waals surface area contributed by atoms with Crippen molar-refractivity contribution >= 4 is 29.0 Å². The fourth-order valence-electron chi connectivity index (χ4n) is 12.4. The average molecular weight is 1040 g/mol. The van der Waals surface area contributed by atoms with E-state index in [9.17, 15) is 19.8 Å². The number of nitriles is 1. The Kier molecular flexibility index (Phi) is 14.7. The van der Waals surface area contributed by atoms with Crippen LogP contribution in [0.15, 0.2) is 83.5 Å². The van der Waals surface area contributed by atoms with Gasteiger partial charge in [-0.2, -0.15) is 5.26 Å². The molecule has 6 fully saturated rings. The number of piperazine rings is 1. The number of hydrogen-bond donors (Lipinski definition) is 4. The highest BCUT2D eigenvalue weighted by Gasteiger charge is 2.45. The SMILES string of the molecule is CC(C)[C@H](C(=O)N1C[C@H](O)C[C@H]1C(=O)N[C@@H](C)c1ccc(C#N)cc1)c1cc(OC2CC(CN3CCC(OC4CC(Oc5cc(N6C7CCC6CN(c6cc(-c8ccccc8O)nnc6N)C7)ccn5)C4)CC3)C2)no1. The van der Waals surface area contributed by atoms with Crippen molar-refractivity contribution in [3.8, 4) is 34.8 Å². The van der Waals surface area contributed by atoms with Crippen molar-refractivity contribution in [1.29, 1.82) is 5.26 Å². The summed E-state index contributed by atoms with van der Waals surface area (Å²) >= 11 is 0. The molecule has 2 aromatic carbocycles. The number of phenols is 1. The van der Waals surface area contributed by atoms with Crippen LogP contribution in [-0.2, 0) is 14.3 Å². The van der Waals surface area contributed by atoms with Crippen molar-refractivity contribution in [3.63, 3.8) is 0 Å². The lowest BCUT2D eigenvalue weighted by Crippen LogP contribution is -2.54. The van der Waals surface area contributed by atoms with E-state index in [1.165, 1.54) is 4.90 Å². The Hall–Kier alpha value is -7.01. The minimum Gasteiger partial charge on any atom is -0.507 e. The predicted octanol–water partition coefficient (Wildman–Crippen LogP) is 6.37. The zero-order valence-electron chi connectivity index (χ0n) is 43.5. The summed E-state index contributed by atoms with van der Waals surface area (Å²) in [5.41, 5.74) is 10.9. The van der Waals surface area contributed by atoms with Crippen molar-refractivity contribution in [2.24, 2.45) is 11.8 Å². The Morgan fingerprint density at radius 3 is 2.30 bits per heavy atom. The van der Waals surface area contributed by atoms with Gasteiger partial charge in [-0.3, -0.25) is 9.59 Å². The van der Waals surface area contributed by atoms with Crippen LogP contribution in [0, 0.1) is 23.2 Å². The average Bonchev–Trinajstić information content (AvgIpc) is 4.11. The van der Waals surface area contributed by atoms with Gasteiger partial charge < -0.3 is 59.6 Å². The zero-order valence-corrected chi connectivity index (χ0v) is 43.5. The van der Waals surface area contributed by atoms with Crippen LogP contribution in [0.5, 0.6) is 17.5 Å². The van der Waals surface area contributed by atoms with Gasteiger partial charge in [0.25, 0.3) is 5.88 Å². The van der Waals surface area contributed by atoms with Crippen molar-refractivity contribution in [3.05, 3.63) is 95.9 Å². The van der Waals surface area contributed by atoms with Gasteiger partial charge >= 0.3 is 0 Å². The smallest absolute Gasteiger partial charge is 0.254 e. The molecule has 0 spiro atoms. The fraction of sp³-hybridized carbons (Fsp3) is 0.526. The zero-order chi connectivity index (χ0) is 52.6. The second-order valence-corrected chi connectivity index (χ2v) is 22.3. The highest BCUT2D eigenvalue weighted by atomic mass is 16.5. The van der Waals surface area contributed by atoms with Crippen LogP contribution in [0.2, 0.25) is 0 Å². The number of phenolic OH excluding ortho intramolecular Hbond substituents is 1. The summed E-state index contributed by atoms with van der Waals surface area (Å²) in [5.74, 6) is 0.899. The number of amides is 2. The van der Waals surface area contributed by atoms with Gasteiger partial charge in [0.1, 0.15) is 29.9 Å². The molecule has 11 rings (SSSR count). The topological polar surface area (TPSA) is 242 Å². The Balaban J connectivity index is 0.590. The molecule has 19 heteroatoms. The summed E-state index contributed by atoms with van der Waals surface area (Å²) < 4.78 is 25.0. The number of anilines is 3. The van der Waals surface area contributed by atoms with Crippen LogP contribution in [0.1, 0.15) is 107 Å². The van der Waals surface area contributed by atoms with Gasteiger partial charge in [-0.25, -0.2) is 4.98 Å². The third-order valence-electron chi connectivity index (χ3n) is 16.6. The second-order valence-electron chi connectivity index (χ2n) is 22.3. The summed E-state index contributed by atoms with van der Waals surface area (Å²) in [6, 6.07) is 23.4. The number of para-hydroxylation sites is 1. The number of fused-ring (bicyclic) bond motifs is 2. The maximum absolute atomic E-state index is 14.2. The van der Waals surface area contributed by atoms with E-state index in [-0.39, 0.29) is 66.9 Å². The number of carbonyl (C=O) groups excluding carboxylic acids is 2. The van der Waals surface area contributed by atoms with Crippen molar-refractivity contribution in [1.82, 2.24) is 35.5 Å². The van der Waals surface area contributed by atoms with Gasteiger partial charge in [0.2, 0.25) is 17.7 Å². The lowest BCUT2D eigenvalue weighted by Gasteiger charge is -2.43. The first-order valence-electron chi connectivity index (χ1n) is 27.2. The molecule has 0 radical (unpaired) electrons. The van der Waals surface area contributed by atoms with E-state index in [2.05, 4.69) is 58.6 Å². The molecular formula is C57H69N11O8. The largest absolute Gasteiger partial charge is 0.507 e. The number of aliphatic hydroxyl groups excluding tert-OH is 1. The molecule has 3 aromatic heterocycles. The summed E-state index contributed by atoms with van der Waals surface area (Å²) in [6.45, 7) is 10.4. The first-order valence-corrected chi connectivity index (χ1v) is 27.2. The Bertz CT molecular complexity index is 2880. The molecule has 6 atom stereocenters. The number of pyridine rings is 1. The molecule has 4 aliphatic heterocycles. The molecule has 400 valence electrons. The number of benzene rings is 2. The molecule has 76 heavy (non-hydrogen) atoms. The second kappa shape index (κ2) is 21.9. The first kappa shape index (κ1) is 51.1. The molecule has 2 saturated carbocycles. The summed E-state index contributed by atoms with van der Waals surface area (Å²) in [7, 11) is 0. The molecule has 2 unspecified atom stereocenters. The number of hydrogen-bond acceptors (Lipinski definition) is 17. The molecule has 19 nitrogen and oxygen atoms in total. The molecule has 4 saturated heterocycles. The number of carbonyl (C=O) groups is 2. The minimum absolute atomic E-state index is 0.0123. The van der Waals surface area contributed by atoms with Crippen molar-refractivity contribution < 1.29 is 38.5 Å². The van der Waals surface area contributed by atoms with Gasteiger partial charge in [-0.1, -0.05) is 38.1 Å². The third kappa shape index (κ3) is 11.0. The highest BCUT2D eigenvalue weighted by molar-refractivity contribution is 5.91. The lowest BCUT2D eigenvalue weighted by atomic mass is 9.81. The van der Waals surface area contributed by atoms with Crippen LogP contribution in [0.3, 0.4) is 0 Å². The summed E-state index contributed by atoms with van der Waals surface area (Å²) in [6.07, 6.45) is 9.38. The van der Waals surface area contributed by atoms with Crippen LogP contribution in [0.25, 0.3) is 11.3 Å². The number of nitrogens with zero attached hydrogens (tertiary/aromatic N) is 9. The van der Waals surface area contributed by atoms with Gasteiger partial charge in [0.15, 0.2) is 11.6 Å². The van der Waals surface area contributed by atoms with Crippen molar-refractivity contribution in [2.75, 3.05) is 54.8 Å². The molecule has 2 aliphatic carbocycles. The third-order valence-corrected chi connectivity index (χ3v) is 16.6. The highest BCUT2D eigenvalue weighted by Crippen LogP contribution is 2.41. The molecule has 5 N–H and O–H groups in total. The standard InChI is InChI=1S/C57H69N11O8/c1-33(2)54(57(72)67-32-41(69)23-49(67)56(71)61-34(3)37-10-8-35(28-58)9-11-37)51-27-53(64-76-51)75-43-20-36(21-43)29-65-18-15-42(16-19-65)73-44-24-45(25-44)74-52-22-38(14-17-60-52)68-39-12-13-40(68)31-66(30-39)48-26-47(62-63-55(48)59)46-6-4-5-7-50(46)70/h4-11,14,17,22,26-27,33-34,36,39-45,49,54,69-70H,12-13,15-16,18-21,23-25,29-32H2,1-3H3,(H2,59,63)(H,61,71)/t34-,36?,39?,40?,41+,43?,44?,45?,49-,54-/m0/s1. The van der Waals surface area contributed by atoms with Crippen LogP contribution in [0.4, 0.5) is 17.2 Å². The van der Waals surface area contributed by atoms with Crippen LogP contribution >= 0.6 is 0 Å². The number of aliphatic hydroxyl groups is 1. The Labute approximate surface area is 443 Å². The quantitative estimate of drug-likeness (QED) is 0.0791. The summed E-state index contributed by atoms with van der Waals surface area (Å²) in [4.78, 5) is 41.2. The maximum Gasteiger partial charge on any atom is 0.254 e. The van der Waals surface area contributed by atoms with E-state index < -0.39 is 18.1 Å². The normalized spacial score (nSPS) is 26.3. The number of β-amino-alcohol motifs (C(OH)–C–C–N with tert-alkyl or cyclic N) is 1. The molecule has 6 aliphatic rings. The minimum atomic E-state index is -0.844. The fourth-order valence-corrected chi connectivity index (χ4v) is 12.4. The molecule has 2 bridgehead atoms. The van der Waals surface area contributed by atoms with Gasteiger partial charge in [0.05, 0.1) is 47.4 Å². The number of piperidine rings is 1. The Morgan fingerprint density at radius 1 is 0.855 bits per heavy atom. The van der Waals surface area contributed by atoms with E-state index in [0.29, 0.717) is 58.2 Å². The molecule has 2 amide bonds. The van der Waals surface area contributed by atoms with Gasteiger partial charge in [-0.15, -0.1) is 10.2 Å². The predicted molar refractivity (Wildman–Crippen MR) is 282 cm³/mol. The number of nitrogen functional groups attached to an aromatic ring is 1. The van der Waals surface area contributed by atoms with E-state index in [0.717, 1.165) is 101 Å². The monoisotopic (exact) mass is 1040 g/mol. The molecule has 7 heterocycles. The van der Waals surface area contributed by atoms with E-state index in [1.54, 1.807) is 42.5 Å².